The van der Waals surface area contributed by atoms with Gasteiger partial charge in [-0.25, -0.2) is 0 Å². The summed E-state index contributed by atoms with van der Waals surface area (Å²) in [7, 11) is 0. The molecule has 3 nitrogen and oxygen atoms in total. The number of thioether (sulfide) groups is 1. The van der Waals surface area contributed by atoms with Crippen molar-refractivity contribution in [3.05, 3.63) is 65.9 Å². The quantitative estimate of drug-likeness (QED) is 0.467. The van der Waals surface area contributed by atoms with Gasteiger partial charge in [-0.1, -0.05) is 48.0 Å². The molecule has 0 saturated carbocycles. The fourth-order valence-electron chi connectivity index (χ4n) is 3.82. The Bertz CT molecular complexity index is 950. The second-order valence-corrected chi connectivity index (χ2v) is 8.92. The summed E-state index contributed by atoms with van der Waals surface area (Å²) in [6.45, 7) is 10.8. The molecule has 0 aliphatic rings. The van der Waals surface area contributed by atoms with Crippen molar-refractivity contribution in [1.29, 1.82) is 0 Å². The van der Waals surface area contributed by atoms with E-state index in [1.807, 2.05) is 22.7 Å². The minimum absolute atomic E-state index is 0.168. The zero-order chi connectivity index (χ0) is 20.3. The highest BCUT2D eigenvalue weighted by molar-refractivity contribution is 7.98. The maximum absolute atomic E-state index is 13.0. The normalized spacial score (nSPS) is 11.5. The number of carbonyl (C=O) groups is 1. The van der Waals surface area contributed by atoms with Gasteiger partial charge in [0.25, 0.3) is 0 Å². The molecule has 3 rings (SSSR count). The molecular formula is C24H30N2OS. The van der Waals surface area contributed by atoms with Crippen LogP contribution in [0.25, 0.3) is 10.9 Å². The summed E-state index contributed by atoms with van der Waals surface area (Å²) in [6.07, 6.45) is 2.14. The van der Waals surface area contributed by atoms with Crippen molar-refractivity contribution in [2.75, 3.05) is 0 Å². The molecule has 0 unspecified atom stereocenters. The number of hydrogen-bond donors (Lipinski definition) is 0. The van der Waals surface area contributed by atoms with Gasteiger partial charge in [-0.15, -0.1) is 11.8 Å². The fraction of sp³-hybridized carbons (Fsp3) is 0.375. The van der Waals surface area contributed by atoms with Gasteiger partial charge >= 0.3 is 0 Å². The first-order chi connectivity index (χ1) is 13.4. The Hall–Kier alpha value is -2.20. The zero-order valence-electron chi connectivity index (χ0n) is 17.5. The molecule has 0 bridgehead atoms. The molecule has 0 saturated heterocycles. The van der Waals surface area contributed by atoms with E-state index >= 15 is 0 Å². The maximum atomic E-state index is 13.0. The molecule has 0 fully saturated rings. The van der Waals surface area contributed by atoms with Gasteiger partial charge in [-0.05, 0) is 46.2 Å². The molecule has 2 aromatic carbocycles. The van der Waals surface area contributed by atoms with E-state index in [0.717, 1.165) is 11.3 Å². The second-order valence-electron chi connectivity index (χ2n) is 7.90. The van der Waals surface area contributed by atoms with Gasteiger partial charge in [0.05, 0.1) is 0 Å². The highest BCUT2D eigenvalue weighted by Crippen LogP contribution is 2.32. The lowest BCUT2D eigenvalue weighted by Crippen LogP contribution is -2.43. The van der Waals surface area contributed by atoms with E-state index in [1.54, 1.807) is 0 Å². The largest absolute Gasteiger partial charge is 0.337 e. The molecule has 1 aromatic heterocycles. The predicted molar refractivity (Wildman–Crippen MR) is 120 cm³/mol. The molecule has 0 spiro atoms. The van der Waals surface area contributed by atoms with Gasteiger partial charge in [0.1, 0.15) is 6.54 Å². The van der Waals surface area contributed by atoms with Crippen LogP contribution in [0.1, 0.15) is 38.8 Å². The summed E-state index contributed by atoms with van der Waals surface area (Å²) >= 11 is 1.83. The fourth-order valence-corrected chi connectivity index (χ4v) is 4.85. The topological polar surface area (TPSA) is 25.2 Å². The summed E-state index contributed by atoms with van der Waals surface area (Å²) in [5.41, 5.74) is 3.73. The highest BCUT2D eigenvalue weighted by atomic mass is 32.2. The van der Waals surface area contributed by atoms with Crippen LogP contribution >= 0.6 is 11.8 Å². The van der Waals surface area contributed by atoms with E-state index in [2.05, 4.69) is 87.8 Å². The summed E-state index contributed by atoms with van der Waals surface area (Å²) in [5, 5.41) is 1.22. The summed E-state index contributed by atoms with van der Waals surface area (Å²) < 4.78 is 2.11. The number of carbonyl (C=O) groups excluding carboxylic acids is 1. The number of benzene rings is 2. The molecular weight excluding hydrogens is 364 g/mol. The lowest BCUT2D eigenvalue weighted by Gasteiger charge is -2.31. The van der Waals surface area contributed by atoms with Crippen LogP contribution < -0.4 is 0 Å². The zero-order valence-corrected chi connectivity index (χ0v) is 18.3. The van der Waals surface area contributed by atoms with Crippen LogP contribution in [0.5, 0.6) is 0 Å². The number of aryl methyl sites for hydroxylation is 1. The number of hydrogen-bond acceptors (Lipinski definition) is 2. The van der Waals surface area contributed by atoms with Crippen LogP contribution in [0.2, 0.25) is 0 Å². The second kappa shape index (κ2) is 8.87. The molecule has 0 atom stereocenters. The SMILES string of the molecule is Cc1cccc(CSc2cn(CC(=O)N(C(C)C)C(C)C)c3ccccc23)c1. The number of para-hydroxylation sites is 1. The van der Waals surface area contributed by atoms with Crippen LogP contribution in [0, 0.1) is 6.92 Å². The Labute approximate surface area is 172 Å². The Kier molecular flexibility index (Phi) is 6.50. The van der Waals surface area contributed by atoms with Crippen molar-refractivity contribution >= 4 is 28.6 Å². The lowest BCUT2D eigenvalue weighted by atomic mass is 10.2. The number of fused-ring (bicyclic) bond motifs is 1. The standard InChI is InChI=1S/C24H30N2OS/c1-17(2)26(18(3)4)24(27)15-25-14-23(21-11-6-7-12-22(21)25)28-16-20-10-8-9-19(5)13-20/h6-14,17-18H,15-16H2,1-5H3. The van der Waals surface area contributed by atoms with Crippen molar-refractivity contribution in [1.82, 2.24) is 9.47 Å². The number of aromatic nitrogens is 1. The third-order valence-electron chi connectivity index (χ3n) is 4.94. The Morgan fingerprint density at radius 1 is 1.04 bits per heavy atom. The van der Waals surface area contributed by atoms with Gasteiger partial charge < -0.3 is 9.47 Å². The van der Waals surface area contributed by atoms with Gasteiger partial charge in [-0.3, -0.25) is 4.79 Å². The van der Waals surface area contributed by atoms with E-state index in [1.165, 1.54) is 21.4 Å². The number of rotatable bonds is 7. The number of amides is 1. The molecule has 148 valence electrons. The molecule has 0 aliphatic carbocycles. The minimum atomic E-state index is 0.168. The maximum Gasteiger partial charge on any atom is 0.242 e. The third kappa shape index (κ3) is 4.61. The summed E-state index contributed by atoms with van der Waals surface area (Å²) in [6, 6.07) is 17.4. The summed E-state index contributed by atoms with van der Waals surface area (Å²) in [4.78, 5) is 16.2. The van der Waals surface area contributed by atoms with E-state index in [4.69, 9.17) is 0 Å². The van der Waals surface area contributed by atoms with Crippen LogP contribution in [-0.4, -0.2) is 27.5 Å². The highest BCUT2D eigenvalue weighted by Gasteiger charge is 2.21. The van der Waals surface area contributed by atoms with Gasteiger partial charge in [-0.2, -0.15) is 0 Å². The smallest absolute Gasteiger partial charge is 0.242 e. The van der Waals surface area contributed by atoms with E-state index in [9.17, 15) is 4.79 Å². The Balaban J connectivity index is 1.85. The first-order valence-corrected chi connectivity index (χ1v) is 10.9. The van der Waals surface area contributed by atoms with Gasteiger partial charge in [0, 0.05) is 39.8 Å². The van der Waals surface area contributed by atoms with Crippen LogP contribution in [0.15, 0.2) is 59.6 Å². The molecule has 3 aromatic rings. The first-order valence-electron chi connectivity index (χ1n) is 9.94. The van der Waals surface area contributed by atoms with Crippen LogP contribution in [0.3, 0.4) is 0 Å². The van der Waals surface area contributed by atoms with Gasteiger partial charge in [0.2, 0.25) is 5.91 Å². The Morgan fingerprint density at radius 3 is 2.43 bits per heavy atom. The molecule has 4 heteroatoms. The van der Waals surface area contributed by atoms with Gasteiger partial charge in [0.15, 0.2) is 0 Å². The molecule has 0 radical (unpaired) electrons. The van der Waals surface area contributed by atoms with Crippen molar-refractivity contribution in [3.8, 4) is 0 Å². The van der Waals surface area contributed by atoms with Crippen LogP contribution in [0.4, 0.5) is 0 Å². The molecule has 1 heterocycles. The molecule has 1 amide bonds. The van der Waals surface area contributed by atoms with E-state index < -0.39 is 0 Å². The first kappa shape index (κ1) is 20.5. The Morgan fingerprint density at radius 2 is 1.75 bits per heavy atom. The lowest BCUT2D eigenvalue weighted by molar-refractivity contribution is -0.135. The summed E-state index contributed by atoms with van der Waals surface area (Å²) in [5.74, 6) is 1.09. The average Bonchev–Trinajstić information content (AvgIpc) is 2.97. The minimum Gasteiger partial charge on any atom is -0.337 e. The number of nitrogens with zero attached hydrogens (tertiary/aromatic N) is 2. The molecule has 0 N–H and O–H groups in total. The average molecular weight is 395 g/mol. The van der Waals surface area contributed by atoms with Crippen molar-refractivity contribution in [2.45, 2.75) is 63.9 Å². The van der Waals surface area contributed by atoms with Crippen molar-refractivity contribution < 1.29 is 4.79 Å². The predicted octanol–water partition coefficient (Wildman–Crippen LogP) is 5.89. The van der Waals surface area contributed by atoms with Crippen molar-refractivity contribution in [3.63, 3.8) is 0 Å². The van der Waals surface area contributed by atoms with E-state index in [0.29, 0.717) is 6.54 Å². The third-order valence-corrected chi connectivity index (χ3v) is 6.05. The monoisotopic (exact) mass is 394 g/mol. The molecule has 28 heavy (non-hydrogen) atoms. The van der Waals surface area contributed by atoms with Crippen molar-refractivity contribution in [2.24, 2.45) is 0 Å². The molecule has 0 aliphatic heterocycles. The van der Waals surface area contributed by atoms with Crippen LogP contribution in [-0.2, 0) is 17.1 Å². The van der Waals surface area contributed by atoms with E-state index in [-0.39, 0.29) is 18.0 Å².